The van der Waals surface area contributed by atoms with Gasteiger partial charge < -0.3 is 24.9 Å². The molecule has 0 radical (unpaired) electrons. The molecule has 0 bridgehead atoms. The zero-order chi connectivity index (χ0) is 22.9. The summed E-state index contributed by atoms with van der Waals surface area (Å²) in [6.07, 6.45) is 3.73. The lowest BCUT2D eigenvalue weighted by molar-refractivity contribution is -0.148. The lowest BCUT2D eigenvalue weighted by Gasteiger charge is -2.26. The Morgan fingerprint density at radius 3 is 2.84 bits per heavy atom. The topological polar surface area (TPSA) is 145 Å². The van der Waals surface area contributed by atoms with Crippen LogP contribution in [0.3, 0.4) is 0 Å². The standard InChI is InChI=1S/C21H27IN4O6/c23-16(20(28)29)1-2-19(27)25-18(11-14-13-24-17-3-4-22-12-15(14)17)21(30)32-10-7-26-5-8-31-9-6-26/h3-4,12-13,18,23-24H,1-2,5-11H2,(H,25,27)(H,28,29)/t18-/m1/s1. The van der Waals surface area contributed by atoms with Crippen molar-refractivity contribution in [2.75, 3.05) is 39.5 Å². The van der Waals surface area contributed by atoms with Gasteiger partial charge in [0.25, 0.3) is 0 Å². The van der Waals surface area contributed by atoms with Gasteiger partial charge in [0.2, 0.25) is 5.91 Å². The molecule has 2 aliphatic rings. The lowest BCUT2D eigenvalue weighted by atomic mass is 10.0. The Morgan fingerprint density at radius 1 is 1.31 bits per heavy atom. The van der Waals surface area contributed by atoms with Crippen molar-refractivity contribution >= 4 is 54.4 Å². The van der Waals surface area contributed by atoms with Crippen LogP contribution in [0, 0.1) is 5.41 Å². The molecule has 0 aromatic carbocycles. The van der Waals surface area contributed by atoms with Crippen LogP contribution in [-0.4, -0.2) is 88.1 Å². The zero-order valence-corrected chi connectivity index (χ0v) is 19.7. The van der Waals surface area contributed by atoms with Crippen molar-refractivity contribution in [1.82, 2.24) is 15.2 Å². The van der Waals surface area contributed by atoms with Gasteiger partial charge in [-0.2, -0.15) is 0 Å². The molecule has 1 fully saturated rings. The van der Waals surface area contributed by atoms with Crippen molar-refractivity contribution in [2.24, 2.45) is 0 Å². The van der Waals surface area contributed by atoms with Crippen LogP contribution in [0.4, 0.5) is 0 Å². The van der Waals surface area contributed by atoms with E-state index in [4.69, 9.17) is 20.0 Å². The van der Waals surface area contributed by atoms with Crippen molar-refractivity contribution in [3.05, 3.63) is 27.1 Å². The fraction of sp³-hybridized carbons (Fsp3) is 0.476. The highest BCUT2D eigenvalue weighted by molar-refractivity contribution is 14.2. The normalized spacial score (nSPS) is 16.5. The third-order valence-corrected chi connectivity index (χ3v) is 6.93. The molecule has 1 saturated heterocycles. The maximum Gasteiger partial charge on any atom is 0.349 e. The van der Waals surface area contributed by atoms with Gasteiger partial charge in [-0.25, -0.2) is 9.59 Å². The molecule has 0 saturated carbocycles. The zero-order valence-electron chi connectivity index (χ0n) is 17.6. The number of carbonyl (C=O) groups excluding carboxylic acids is 2. The quantitative estimate of drug-likeness (QED) is 0.180. The minimum absolute atomic E-state index is 0.186. The van der Waals surface area contributed by atoms with Crippen molar-refractivity contribution in [2.45, 2.75) is 25.3 Å². The number of esters is 1. The second-order valence-corrected chi connectivity index (χ2v) is 9.46. The number of morpholine rings is 1. The number of aromatic amines is 1. The molecule has 174 valence electrons. The Balaban J connectivity index is 1.61. The molecule has 10 nitrogen and oxygen atoms in total. The number of carbonyl (C=O) groups is 3. The molecular weight excluding hydrogens is 531 g/mol. The molecule has 0 spiro atoms. The largest absolute Gasteiger partial charge is 0.477 e. The molecule has 3 heterocycles. The fourth-order valence-electron chi connectivity index (χ4n) is 3.35. The highest BCUT2D eigenvalue weighted by atomic mass is 127. The van der Waals surface area contributed by atoms with Crippen molar-refractivity contribution < 1.29 is 29.0 Å². The van der Waals surface area contributed by atoms with Crippen LogP contribution in [0.15, 0.2) is 10.3 Å². The number of carboxylic acids is 1. The van der Waals surface area contributed by atoms with E-state index in [2.05, 4.69) is 23.3 Å². The first kappa shape index (κ1) is 24.3. The first-order chi connectivity index (χ1) is 15.4. The number of carboxylic acid groups (broad SMARTS) is 1. The van der Waals surface area contributed by atoms with Crippen molar-refractivity contribution in [1.29, 1.82) is 5.41 Å². The molecule has 0 unspecified atom stereocenters. The van der Waals surface area contributed by atoms with Crippen LogP contribution < -0.4 is 5.32 Å². The number of fused-ring (bicyclic) bond motifs is 1. The van der Waals surface area contributed by atoms with E-state index < -0.39 is 29.6 Å². The molecule has 1 amide bonds. The number of amides is 1. The first-order valence-corrected chi connectivity index (χ1v) is 12.8. The Labute approximate surface area is 195 Å². The van der Waals surface area contributed by atoms with Crippen LogP contribution in [0.1, 0.15) is 29.7 Å². The Hall–Kier alpha value is -2.38. The van der Waals surface area contributed by atoms with E-state index in [0.717, 1.165) is 29.9 Å². The Morgan fingerprint density at radius 2 is 2.09 bits per heavy atom. The monoisotopic (exact) mass is 558 g/mol. The smallest absolute Gasteiger partial charge is 0.349 e. The molecule has 4 N–H and O–H groups in total. The average molecular weight is 558 g/mol. The predicted octanol–water partition coefficient (Wildman–Crippen LogP) is 0.907. The summed E-state index contributed by atoms with van der Waals surface area (Å²) in [6, 6.07) is -0.899. The molecule has 32 heavy (non-hydrogen) atoms. The van der Waals surface area contributed by atoms with Gasteiger partial charge in [-0.3, -0.25) is 15.1 Å². The molecular formula is C21H27IN4O6. The number of aliphatic carboxylic acids is 1. The number of hydrogen-bond donors (Lipinski definition) is 4. The molecule has 2 aliphatic heterocycles. The van der Waals surface area contributed by atoms with E-state index >= 15 is 0 Å². The number of halogens is 1. The third kappa shape index (κ3) is 7.07. The first-order valence-electron chi connectivity index (χ1n) is 10.3. The molecule has 1 atom stereocenters. The van der Waals surface area contributed by atoms with Gasteiger partial charge in [-0.15, -0.1) is 0 Å². The minimum atomic E-state index is -1.36. The molecule has 1 aromatic heterocycles. The number of H-pyrrole nitrogens is 1. The van der Waals surface area contributed by atoms with Crippen LogP contribution in [0.25, 0.3) is 6.08 Å². The van der Waals surface area contributed by atoms with E-state index in [9.17, 15) is 14.4 Å². The van der Waals surface area contributed by atoms with E-state index in [1.165, 1.54) is 0 Å². The molecule has 1 aromatic rings. The summed E-state index contributed by atoms with van der Waals surface area (Å²) in [7, 11) is 0. The van der Waals surface area contributed by atoms with Gasteiger partial charge in [0.1, 0.15) is 18.4 Å². The minimum Gasteiger partial charge on any atom is -0.477 e. The van der Waals surface area contributed by atoms with Crippen LogP contribution >= 0.6 is 20.7 Å². The second kappa shape index (κ2) is 12.0. The number of nitrogens with zero attached hydrogens (tertiary/aromatic N) is 1. The Bertz CT molecular complexity index is 919. The fourth-order valence-corrected chi connectivity index (χ4v) is 5.22. The predicted molar refractivity (Wildman–Crippen MR) is 127 cm³/mol. The summed E-state index contributed by atoms with van der Waals surface area (Å²) in [5.74, 6) is -2.38. The second-order valence-electron chi connectivity index (χ2n) is 7.40. The summed E-state index contributed by atoms with van der Waals surface area (Å²) in [5.41, 5.74) is 2.40. The number of hydrogen-bond acceptors (Lipinski definition) is 7. The van der Waals surface area contributed by atoms with E-state index in [-0.39, 0.29) is 46.6 Å². The number of nitrogens with one attached hydrogen (secondary N) is 3. The van der Waals surface area contributed by atoms with Gasteiger partial charge in [0.15, 0.2) is 0 Å². The molecule has 3 rings (SSSR count). The number of rotatable bonds is 11. The highest BCUT2D eigenvalue weighted by Crippen LogP contribution is 2.23. The summed E-state index contributed by atoms with van der Waals surface area (Å²) in [4.78, 5) is 41.3. The average Bonchev–Trinajstić information content (AvgIpc) is 3.20. The lowest BCUT2D eigenvalue weighted by Crippen LogP contribution is -2.44. The summed E-state index contributed by atoms with van der Waals surface area (Å²) in [5, 5.41) is 18.8. The van der Waals surface area contributed by atoms with Gasteiger partial charge >= 0.3 is 11.9 Å². The summed E-state index contributed by atoms with van der Waals surface area (Å²) < 4.78 is 15.1. The molecule has 0 aliphatic carbocycles. The van der Waals surface area contributed by atoms with E-state index in [0.29, 0.717) is 19.8 Å². The number of ether oxygens (including phenoxy) is 2. The summed E-state index contributed by atoms with van der Waals surface area (Å²) in [6.45, 7) is 3.69. The van der Waals surface area contributed by atoms with Crippen LogP contribution in [0.2, 0.25) is 0 Å². The van der Waals surface area contributed by atoms with E-state index in [1.54, 1.807) is 0 Å². The van der Waals surface area contributed by atoms with Crippen LogP contribution in [0.5, 0.6) is 0 Å². The van der Waals surface area contributed by atoms with Gasteiger partial charge in [-0.05, 0) is 19.7 Å². The van der Waals surface area contributed by atoms with Crippen molar-refractivity contribution in [3.8, 4) is 0 Å². The van der Waals surface area contributed by atoms with E-state index in [1.807, 2.05) is 12.3 Å². The number of aromatic nitrogens is 1. The van der Waals surface area contributed by atoms with Gasteiger partial charge in [0.05, 0.1) is 13.2 Å². The SMILES string of the molecule is N=C(CCC(=O)N[C@H](Cc1c[nH]c2c1C=IC=C2)C(=O)OCCN1CCOCC1)C(=O)O. The van der Waals surface area contributed by atoms with Crippen molar-refractivity contribution in [3.63, 3.8) is 0 Å². The highest BCUT2D eigenvalue weighted by Gasteiger charge is 2.25. The Kier molecular flexibility index (Phi) is 9.11. The van der Waals surface area contributed by atoms with Crippen LogP contribution in [-0.2, 0) is 30.3 Å². The summed E-state index contributed by atoms with van der Waals surface area (Å²) >= 11 is -0.186. The maximum atomic E-state index is 12.8. The molecule has 11 heteroatoms. The third-order valence-electron chi connectivity index (χ3n) is 5.17. The van der Waals surface area contributed by atoms with Gasteiger partial charge in [0, 0.05) is 56.4 Å². The maximum absolute atomic E-state index is 12.8. The van der Waals surface area contributed by atoms with Gasteiger partial charge in [-0.1, -0.05) is 20.7 Å².